The third-order valence-corrected chi connectivity index (χ3v) is 3.74. The summed E-state index contributed by atoms with van der Waals surface area (Å²) in [6.45, 7) is 0.671. The fourth-order valence-electron chi connectivity index (χ4n) is 2.25. The van der Waals surface area contributed by atoms with Crippen molar-refractivity contribution in [3.8, 4) is 17.2 Å². The SMILES string of the molecule is O=C(Oc1ccc(Cl)cc1)c1ccccc1OCCOc1ccccc1. The Morgan fingerprint density at radius 3 is 2.15 bits per heavy atom. The second-order valence-electron chi connectivity index (χ2n) is 5.35. The number of rotatable bonds is 7. The van der Waals surface area contributed by atoms with E-state index in [2.05, 4.69) is 0 Å². The van der Waals surface area contributed by atoms with Crippen molar-refractivity contribution >= 4 is 17.6 Å². The first kappa shape index (κ1) is 17.8. The normalized spacial score (nSPS) is 10.2. The van der Waals surface area contributed by atoms with Crippen molar-refractivity contribution in [2.75, 3.05) is 13.2 Å². The molecule has 0 radical (unpaired) electrons. The van der Waals surface area contributed by atoms with Crippen LogP contribution in [0.15, 0.2) is 78.9 Å². The molecule has 0 aliphatic heterocycles. The minimum atomic E-state index is -0.494. The molecule has 0 atom stereocenters. The van der Waals surface area contributed by atoms with E-state index in [9.17, 15) is 4.79 Å². The second-order valence-corrected chi connectivity index (χ2v) is 5.79. The van der Waals surface area contributed by atoms with Gasteiger partial charge < -0.3 is 14.2 Å². The maximum Gasteiger partial charge on any atom is 0.347 e. The predicted molar refractivity (Wildman–Crippen MR) is 100 cm³/mol. The van der Waals surface area contributed by atoms with Crippen LogP contribution in [-0.4, -0.2) is 19.2 Å². The van der Waals surface area contributed by atoms with E-state index in [1.165, 1.54) is 0 Å². The third kappa shape index (κ3) is 5.01. The van der Waals surface area contributed by atoms with Gasteiger partial charge in [0.05, 0.1) is 0 Å². The van der Waals surface area contributed by atoms with Crippen LogP contribution < -0.4 is 14.2 Å². The molecule has 0 aromatic heterocycles. The summed E-state index contributed by atoms with van der Waals surface area (Å²) in [5.74, 6) is 1.14. The molecule has 0 aliphatic carbocycles. The Balaban J connectivity index is 1.58. The zero-order valence-corrected chi connectivity index (χ0v) is 14.7. The van der Waals surface area contributed by atoms with Crippen LogP contribution in [0.25, 0.3) is 0 Å². The highest BCUT2D eigenvalue weighted by atomic mass is 35.5. The Morgan fingerprint density at radius 2 is 1.38 bits per heavy atom. The molecule has 0 aliphatic rings. The number of hydrogen-bond acceptors (Lipinski definition) is 4. The van der Waals surface area contributed by atoms with Crippen LogP contribution in [0.3, 0.4) is 0 Å². The van der Waals surface area contributed by atoms with E-state index < -0.39 is 5.97 Å². The molecule has 0 N–H and O–H groups in total. The van der Waals surface area contributed by atoms with Crippen LogP contribution in [-0.2, 0) is 0 Å². The summed E-state index contributed by atoms with van der Waals surface area (Å²) in [4.78, 5) is 12.4. The molecular formula is C21H17ClO4. The Hall–Kier alpha value is -2.98. The van der Waals surface area contributed by atoms with E-state index in [1.54, 1.807) is 48.5 Å². The predicted octanol–water partition coefficient (Wildman–Crippen LogP) is 5.02. The van der Waals surface area contributed by atoms with Gasteiger partial charge in [-0.3, -0.25) is 0 Å². The van der Waals surface area contributed by atoms with Crippen LogP contribution in [0, 0.1) is 0 Å². The lowest BCUT2D eigenvalue weighted by Gasteiger charge is -2.12. The van der Waals surface area contributed by atoms with Gasteiger partial charge >= 0.3 is 5.97 Å². The molecule has 0 saturated carbocycles. The van der Waals surface area contributed by atoms with Crippen molar-refractivity contribution in [1.82, 2.24) is 0 Å². The largest absolute Gasteiger partial charge is 0.490 e. The molecule has 26 heavy (non-hydrogen) atoms. The first-order valence-electron chi connectivity index (χ1n) is 8.10. The van der Waals surface area contributed by atoms with Crippen LogP contribution in [0.1, 0.15) is 10.4 Å². The van der Waals surface area contributed by atoms with Crippen LogP contribution in [0.4, 0.5) is 0 Å². The molecule has 3 aromatic rings. The highest BCUT2D eigenvalue weighted by Crippen LogP contribution is 2.22. The van der Waals surface area contributed by atoms with Gasteiger partial charge in [0.1, 0.15) is 36.0 Å². The number of hydrogen-bond donors (Lipinski definition) is 0. The van der Waals surface area contributed by atoms with Gasteiger partial charge in [0.15, 0.2) is 0 Å². The Kier molecular flexibility index (Phi) is 6.12. The summed E-state index contributed by atoms with van der Waals surface area (Å²) < 4.78 is 16.6. The lowest BCUT2D eigenvalue weighted by molar-refractivity contribution is 0.0729. The van der Waals surface area contributed by atoms with Gasteiger partial charge in [-0.15, -0.1) is 0 Å². The van der Waals surface area contributed by atoms with Crippen LogP contribution in [0.2, 0.25) is 5.02 Å². The molecule has 0 unspecified atom stereocenters. The maximum atomic E-state index is 12.4. The fraction of sp³-hybridized carbons (Fsp3) is 0.0952. The third-order valence-electron chi connectivity index (χ3n) is 3.48. The quantitative estimate of drug-likeness (QED) is 0.334. The highest BCUT2D eigenvalue weighted by molar-refractivity contribution is 6.30. The van der Waals surface area contributed by atoms with E-state index in [1.807, 2.05) is 30.3 Å². The van der Waals surface area contributed by atoms with Gasteiger partial charge in [-0.2, -0.15) is 0 Å². The Labute approximate surface area is 156 Å². The van der Waals surface area contributed by atoms with Crippen molar-refractivity contribution in [1.29, 1.82) is 0 Å². The van der Waals surface area contributed by atoms with E-state index in [0.717, 1.165) is 5.75 Å². The molecule has 0 saturated heterocycles. The molecule has 0 amide bonds. The molecule has 3 aromatic carbocycles. The summed E-state index contributed by atoms with van der Waals surface area (Å²) in [7, 11) is 0. The summed E-state index contributed by atoms with van der Waals surface area (Å²) in [5, 5.41) is 0.576. The van der Waals surface area contributed by atoms with E-state index in [0.29, 0.717) is 35.3 Å². The first-order valence-corrected chi connectivity index (χ1v) is 8.47. The smallest absolute Gasteiger partial charge is 0.347 e. The van der Waals surface area contributed by atoms with E-state index in [4.69, 9.17) is 25.8 Å². The van der Waals surface area contributed by atoms with Crippen LogP contribution in [0.5, 0.6) is 17.2 Å². The number of halogens is 1. The van der Waals surface area contributed by atoms with Gasteiger partial charge in [0, 0.05) is 5.02 Å². The molecule has 0 fully saturated rings. The zero-order valence-electron chi connectivity index (χ0n) is 13.9. The topological polar surface area (TPSA) is 44.8 Å². The molecule has 0 spiro atoms. The Bertz CT molecular complexity index is 847. The Morgan fingerprint density at radius 1 is 0.731 bits per heavy atom. The maximum absolute atomic E-state index is 12.4. The fourth-order valence-corrected chi connectivity index (χ4v) is 2.38. The molecular weight excluding hydrogens is 352 g/mol. The van der Waals surface area contributed by atoms with Crippen molar-refractivity contribution in [3.63, 3.8) is 0 Å². The number of benzene rings is 3. The second kappa shape index (κ2) is 8.92. The summed E-state index contributed by atoms with van der Waals surface area (Å²) in [6, 6.07) is 23.0. The number of ether oxygens (including phenoxy) is 3. The molecule has 5 heteroatoms. The minimum absolute atomic E-state index is 0.306. The minimum Gasteiger partial charge on any atom is -0.490 e. The molecule has 4 nitrogen and oxygen atoms in total. The standard InChI is InChI=1S/C21H17ClO4/c22-16-10-12-18(13-11-16)26-21(23)19-8-4-5-9-20(19)25-15-14-24-17-6-2-1-3-7-17/h1-13H,14-15H2. The van der Waals surface area contributed by atoms with Crippen LogP contribution >= 0.6 is 11.6 Å². The lowest BCUT2D eigenvalue weighted by atomic mass is 10.2. The first-order chi connectivity index (χ1) is 12.7. The average molecular weight is 369 g/mol. The van der Waals surface area contributed by atoms with Crippen molar-refractivity contribution in [3.05, 3.63) is 89.4 Å². The number of esters is 1. The molecule has 3 rings (SSSR count). The number of carbonyl (C=O) groups is 1. The summed E-state index contributed by atoms with van der Waals surface area (Å²) >= 11 is 5.83. The van der Waals surface area contributed by atoms with Gasteiger partial charge in [-0.1, -0.05) is 41.9 Å². The van der Waals surface area contributed by atoms with Gasteiger partial charge in [0.2, 0.25) is 0 Å². The zero-order chi connectivity index (χ0) is 18.2. The van der Waals surface area contributed by atoms with Crippen molar-refractivity contribution < 1.29 is 19.0 Å². The lowest BCUT2D eigenvalue weighted by Crippen LogP contribution is -2.14. The van der Waals surface area contributed by atoms with E-state index >= 15 is 0 Å². The molecule has 0 bridgehead atoms. The summed E-state index contributed by atoms with van der Waals surface area (Å²) in [5.41, 5.74) is 0.349. The highest BCUT2D eigenvalue weighted by Gasteiger charge is 2.14. The summed E-state index contributed by atoms with van der Waals surface area (Å²) in [6.07, 6.45) is 0. The number of carbonyl (C=O) groups excluding carboxylic acids is 1. The molecule has 0 heterocycles. The van der Waals surface area contributed by atoms with Gasteiger partial charge in [0.25, 0.3) is 0 Å². The average Bonchev–Trinajstić information content (AvgIpc) is 2.68. The molecule has 132 valence electrons. The van der Waals surface area contributed by atoms with E-state index in [-0.39, 0.29) is 0 Å². The monoisotopic (exact) mass is 368 g/mol. The van der Waals surface area contributed by atoms with Gasteiger partial charge in [-0.25, -0.2) is 4.79 Å². The number of para-hydroxylation sites is 2. The van der Waals surface area contributed by atoms with Gasteiger partial charge in [-0.05, 0) is 48.5 Å². The van der Waals surface area contributed by atoms with Crippen molar-refractivity contribution in [2.45, 2.75) is 0 Å². The van der Waals surface area contributed by atoms with Crippen molar-refractivity contribution in [2.24, 2.45) is 0 Å².